The lowest BCUT2D eigenvalue weighted by atomic mass is 10.2. The van der Waals surface area contributed by atoms with Gasteiger partial charge in [0, 0.05) is 44.8 Å². The molecule has 136 valence electrons. The summed E-state index contributed by atoms with van der Waals surface area (Å²) in [5.41, 5.74) is 1.09. The Kier molecular flexibility index (Phi) is 5.43. The third-order valence-electron chi connectivity index (χ3n) is 4.68. The van der Waals surface area contributed by atoms with Crippen LogP contribution in [0, 0.1) is 0 Å². The van der Waals surface area contributed by atoms with Crippen molar-refractivity contribution in [3.63, 3.8) is 0 Å². The first-order valence-electron chi connectivity index (χ1n) is 8.70. The number of carbonyl (C=O) groups excluding carboxylic acids is 2. The average molecular weight is 347 g/mol. The monoisotopic (exact) mass is 347 g/mol. The van der Waals surface area contributed by atoms with E-state index in [0.29, 0.717) is 39.3 Å². The minimum atomic E-state index is -0.293. The van der Waals surface area contributed by atoms with E-state index in [1.807, 2.05) is 29.2 Å². The zero-order chi connectivity index (χ0) is 17.8. The SMILES string of the molecule is CCOC(=O)N1CCN(C(=O)C2CN2Cc2ccccc2OC)CC1. The van der Waals surface area contributed by atoms with Crippen molar-refractivity contribution in [2.45, 2.75) is 19.5 Å². The first-order valence-corrected chi connectivity index (χ1v) is 8.70. The fourth-order valence-corrected chi connectivity index (χ4v) is 3.17. The smallest absolute Gasteiger partial charge is 0.409 e. The molecule has 2 amide bonds. The van der Waals surface area contributed by atoms with Gasteiger partial charge in [0.1, 0.15) is 11.8 Å². The summed E-state index contributed by atoms with van der Waals surface area (Å²) in [5.74, 6) is 1.00. The van der Waals surface area contributed by atoms with Crippen molar-refractivity contribution < 1.29 is 19.1 Å². The van der Waals surface area contributed by atoms with Crippen molar-refractivity contribution in [1.82, 2.24) is 14.7 Å². The van der Waals surface area contributed by atoms with Gasteiger partial charge in [-0.3, -0.25) is 9.69 Å². The minimum absolute atomic E-state index is 0.0564. The van der Waals surface area contributed by atoms with Gasteiger partial charge >= 0.3 is 6.09 Å². The van der Waals surface area contributed by atoms with E-state index in [0.717, 1.165) is 17.9 Å². The highest BCUT2D eigenvalue weighted by Gasteiger charge is 2.43. The molecular formula is C18H25N3O4. The third-order valence-corrected chi connectivity index (χ3v) is 4.68. The first kappa shape index (κ1) is 17.5. The van der Waals surface area contributed by atoms with Crippen LogP contribution in [0.1, 0.15) is 12.5 Å². The van der Waals surface area contributed by atoms with Crippen LogP contribution in [0.2, 0.25) is 0 Å². The number of benzene rings is 1. The van der Waals surface area contributed by atoms with E-state index in [9.17, 15) is 9.59 Å². The number of methoxy groups -OCH3 is 1. The molecule has 7 nitrogen and oxygen atoms in total. The summed E-state index contributed by atoms with van der Waals surface area (Å²) < 4.78 is 10.4. The summed E-state index contributed by atoms with van der Waals surface area (Å²) in [5, 5.41) is 0. The van der Waals surface area contributed by atoms with Gasteiger partial charge in [0.15, 0.2) is 0 Å². The summed E-state index contributed by atoms with van der Waals surface area (Å²) in [6.45, 7) is 5.85. The molecule has 7 heteroatoms. The standard InChI is InChI=1S/C18H25N3O4/c1-3-25-18(23)20-10-8-19(9-11-20)17(22)15-13-21(15)12-14-6-4-5-7-16(14)24-2/h4-7,15H,3,8-13H2,1-2H3. The number of hydrogen-bond acceptors (Lipinski definition) is 5. The number of carbonyl (C=O) groups is 2. The van der Waals surface area contributed by atoms with E-state index in [4.69, 9.17) is 9.47 Å². The Balaban J connectivity index is 1.48. The molecule has 0 aliphatic carbocycles. The van der Waals surface area contributed by atoms with E-state index < -0.39 is 0 Å². The molecule has 2 unspecified atom stereocenters. The molecule has 0 N–H and O–H groups in total. The van der Waals surface area contributed by atoms with Gasteiger partial charge < -0.3 is 19.3 Å². The van der Waals surface area contributed by atoms with Crippen LogP contribution in [0.3, 0.4) is 0 Å². The summed E-state index contributed by atoms with van der Waals surface area (Å²) in [6, 6.07) is 7.82. The third kappa shape index (κ3) is 4.04. The molecular weight excluding hydrogens is 322 g/mol. The lowest BCUT2D eigenvalue weighted by molar-refractivity contribution is -0.133. The molecule has 1 aromatic rings. The second kappa shape index (κ2) is 7.74. The summed E-state index contributed by atoms with van der Waals surface area (Å²) in [4.78, 5) is 30.0. The topological polar surface area (TPSA) is 62.1 Å². The Labute approximate surface area is 148 Å². The van der Waals surface area contributed by atoms with E-state index >= 15 is 0 Å². The van der Waals surface area contributed by atoms with Crippen molar-refractivity contribution in [1.29, 1.82) is 0 Å². The number of ether oxygens (including phenoxy) is 2. The molecule has 0 aromatic heterocycles. The number of hydrogen-bond donors (Lipinski definition) is 0. The highest BCUT2D eigenvalue weighted by Crippen LogP contribution is 2.27. The maximum atomic E-state index is 12.6. The quantitative estimate of drug-likeness (QED) is 0.749. The molecule has 0 bridgehead atoms. The van der Waals surface area contributed by atoms with Crippen molar-refractivity contribution in [2.75, 3.05) is 46.4 Å². The van der Waals surface area contributed by atoms with Gasteiger partial charge in [0.05, 0.1) is 13.7 Å². The Morgan fingerprint density at radius 1 is 1.12 bits per heavy atom. The molecule has 2 saturated heterocycles. The Morgan fingerprint density at radius 2 is 1.80 bits per heavy atom. The minimum Gasteiger partial charge on any atom is -0.496 e. The lowest BCUT2D eigenvalue weighted by Gasteiger charge is -2.34. The largest absolute Gasteiger partial charge is 0.496 e. The molecule has 25 heavy (non-hydrogen) atoms. The fourth-order valence-electron chi connectivity index (χ4n) is 3.17. The Hall–Kier alpha value is -2.28. The van der Waals surface area contributed by atoms with Crippen molar-refractivity contribution in [3.8, 4) is 5.75 Å². The number of para-hydroxylation sites is 1. The van der Waals surface area contributed by atoms with Crippen molar-refractivity contribution in [3.05, 3.63) is 29.8 Å². The molecule has 2 aliphatic rings. The predicted octanol–water partition coefficient (Wildman–Crippen LogP) is 1.18. The molecule has 3 rings (SSSR count). The highest BCUT2D eigenvalue weighted by atomic mass is 16.6. The zero-order valence-corrected chi connectivity index (χ0v) is 14.8. The maximum absolute atomic E-state index is 12.6. The zero-order valence-electron chi connectivity index (χ0n) is 14.8. The van der Waals surface area contributed by atoms with Crippen molar-refractivity contribution >= 4 is 12.0 Å². The summed E-state index contributed by atoms with van der Waals surface area (Å²) >= 11 is 0. The van der Waals surface area contributed by atoms with Crippen LogP contribution < -0.4 is 4.74 Å². The Bertz CT molecular complexity index is 629. The Morgan fingerprint density at radius 3 is 2.48 bits per heavy atom. The van der Waals surface area contributed by atoms with Crippen LogP contribution in [0.25, 0.3) is 0 Å². The van der Waals surface area contributed by atoms with E-state index in [1.54, 1.807) is 18.9 Å². The van der Waals surface area contributed by atoms with Gasteiger partial charge in [0.2, 0.25) is 5.91 Å². The number of amides is 2. The fraction of sp³-hybridized carbons (Fsp3) is 0.556. The van der Waals surface area contributed by atoms with Gasteiger partial charge in [-0.2, -0.15) is 0 Å². The predicted molar refractivity (Wildman–Crippen MR) is 92.4 cm³/mol. The number of piperazine rings is 1. The van der Waals surface area contributed by atoms with Gasteiger partial charge in [-0.05, 0) is 13.0 Å². The summed E-state index contributed by atoms with van der Waals surface area (Å²) in [6.07, 6.45) is -0.293. The van der Waals surface area contributed by atoms with Gasteiger partial charge in [0.25, 0.3) is 0 Å². The molecule has 2 fully saturated rings. The van der Waals surface area contributed by atoms with Crippen LogP contribution in [0.15, 0.2) is 24.3 Å². The first-order chi connectivity index (χ1) is 12.1. The number of nitrogens with zero attached hydrogens (tertiary/aromatic N) is 3. The number of rotatable bonds is 5. The average Bonchev–Trinajstić information content (AvgIpc) is 3.41. The molecule has 2 aliphatic heterocycles. The normalized spacial score (nSPS) is 22.5. The van der Waals surface area contributed by atoms with Gasteiger partial charge in [-0.25, -0.2) is 4.79 Å². The highest BCUT2D eigenvalue weighted by molar-refractivity contribution is 5.85. The van der Waals surface area contributed by atoms with E-state index in [1.165, 1.54) is 0 Å². The van der Waals surface area contributed by atoms with Gasteiger partial charge in [-0.1, -0.05) is 18.2 Å². The molecule has 1 aromatic carbocycles. The van der Waals surface area contributed by atoms with Crippen molar-refractivity contribution in [2.24, 2.45) is 0 Å². The van der Waals surface area contributed by atoms with E-state index in [-0.39, 0.29) is 18.0 Å². The maximum Gasteiger partial charge on any atom is 0.409 e. The van der Waals surface area contributed by atoms with Crippen LogP contribution >= 0.6 is 0 Å². The lowest BCUT2D eigenvalue weighted by Crippen LogP contribution is -2.52. The van der Waals surface area contributed by atoms with Crippen LogP contribution in [-0.2, 0) is 16.1 Å². The van der Waals surface area contributed by atoms with Crippen LogP contribution in [-0.4, -0.2) is 79.2 Å². The van der Waals surface area contributed by atoms with Crippen LogP contribution in [0.5, 0.6) is 5.75 Å². The molecule has 0 spiro atoms. The second-order valence-electron chi connectivity index (χ2n) is 6.27. The second-order valence-corrected chi connectivity index (χ2v) is 6.27. The van der Waals surface area contributed by atoms with E-state index in [2.05, 4.69) is 4.90 Å². The molecule has 0 radical (unpaired) electrons. The molecule has 2 atom stereocenters. The van der Waals surface area contributed by atoms with Crippen LogP contribution in [0.4, 0.5) is 4.79 Å². The van der Waals surface area contributed by atoms with Gasteiger partial charge in [-0.15, -0.1) is 0 Å². The molecule has 0 saturated carbocycles. The molecule has 2 heterocycles. The summed E-state index contributed by atoms with van der Waals surface area (Å²) in [7, 11) is 1.66.